The van der Waals surface area contributed by atoms with E-state index in [1.807, 2.05) is 13.8 Å². The zero-order valence-electron chi connectivity index (χ0n) is 12.6. The van der Waals surface area contributed by atoms with Crippen LogP contribution in [0.4, 0.5) is 0 Å². The summed E-state index contributed by atoms with van der Waals surface area (Å²) in [5, 5.41) is 7.08. The van der Waals surface area contributed by atoms with Crippen LogP contribution in [0, 0.1) is 0 Å². The summed E-state index contributed by atoms with van der Waals surface area (Å²) in [4.78, 5) is 26.5. The van der Waals surface area contributed by atoms with E-state index >= 15 is 0 Å². The molecule has 0 unspecified atom stereocenters. The van der Waals surface area contributed by atoms with Gasteiger partial charge in [-0.3, -0.25) is 14.9 Å². The highest BCUT2D eigenvalue weighted by molar-refractivity contribution is 5.92. The summed E-state index contributed by atoms with van der Waals surface area (Å²) in [6.45, 7) is 5.45. The van der Waals surface area contributed by atoms with Crippen LogP contribution in [0.2, 0.25) is 0 Å². The standard InChI is InChI=1S/C14H18N6O2/c1-9(2)12-17-13(19-18-12)11-8-20(5-6-22-11)14(21)10-7-15-3-4-16-10/h3-4,7,9,11H,5-6,8H2,1-2H3,(H,17,18,19)/t11-/m1/s1. The number of nitrogens with zero attached hydrogens (tertiary/aromatic N) is 5. The van der Waals surface area contributed by atoms with Gasteiger partial charge in [0.25, 0.3) is 5.91 Å². The first-order valence-corrected chi connectivity index (χ1v) is 7.24. The third kappa shape index (κ3) is 2.96. The van der Waals surface area contributed by atoms with Crippen LogP contribution in [0.25, 0.3) is 0 Å². The van der Waals surface area contributed by atoms with Crippen LogP contribution in [0.5, 0.6) is 0 Å². The molecule has 0 bridgehead atoms. The van der Waals surface area contributed by atoms with E-state index in [2.05, 4.69) is 25.1 Å². The molecule has 3 heterocycles. The van der Waals surface area contributed by atoms with Crippen molar-refractivity contribution in [1.82, 2.24) is 30.0 Å². The zero-order valence-corrected chi connectivity index (χ0v) is 12.6. The van der Waals surface area contributed by atoms with E-state index in [1.165, 1.54) is 12.4 Å². The maximum atomic E-state index is 12.4. The zero-order chi connectivity index (χ0) is 15.5. The lowest BCUT2D eigenvalue weighted by Crippen LogP contribution is -2.42. The second kappa shape index (κ2) is 6.18. The van der Waals surface area contributed by atoms with E-state index in [1.54, 1.807) is 11.1 Å². The minimum absolute atomic E-state index is 0.148. The predicted molar refractivity (Wildman–Crippen MR) is 77.1 cm³/mol. The molecule has 22 heavy (non-hydrogen) atoms. The van der Waals surface area contributed by atoms with Gasteiger partial charge in [-0.2, -0.15) is 5.10 Å². The van der Waals surface area contributed by atoms with Gasteiger partial charge in [0.15, 0.2) is 11.6 Å². The fourth-order valence-electron chi connectivity index (χ4n) is 2.26. The van der Waals surface area contributed by atoms with E-state index in [0.717, 1.165) is 5.82 Å². The number of hydrogen-bond acceptors (Lipinski definition) is 6. The summed E-state index contributed by atoms with van der Waals surface area (Å²) in [7, 11) is 0. The van der Waals surface area contributed by atoms with Crippen molar-refractivity contribution >= 4 is 5.91 Å². The molecule has 1 fully saturated rings. The SMILES string of the molecule is CC(C)c1n[nH]c([C@H]2CN(C(=O)c3cnccn3)CCO2)n1. The number of nitrogens with one attached hydrogen (secondary N) is 1. The normalized spacial score (nSPS) is 18.7. The predicted octanol–water partition coefficient (Wildman–Crippen LogP) is 0.932. The van der Waals surface area contributed by atoms with Crippen molar-refractivity contribution in [2.24, 2.45) is 0 Å². The summed E-state index contributed by atoms with van der Waals surface area (Å²) in [5.41, 5.74) is 0.337. The molecular formula is C14H18N6O2. The smallest absolute Gasteiger partial charge is 0.274 e. The van der Waals surface area contributed by atoms with Crippen molar-refractivity contribution in [3.05, 3.63) is 35.9 Å². The topological polar surface area (TPSA) is 96.9 Å². The van der Waals surface area contributed by atoms with Crippen LogP contribution in [-0.4, -0.2) is 55.7 Å². The molecule has 1 saturated heterocycles. The lowest BCUT2D eigenvalue weighted by molar-refractivity contribution is -0.0268. The molecule has 1 amide bonds. The minimum atomic E-state index is -0.297. The van der Waals surface area contributed by atoms with Crippen LogP contribution in [0.1, 0.15) is 48.0 Å². The van der Waals surface area contributed by atoms with Crippen LogP contribution in [0.15, 0.2) is 18.6 Å². The van der Waals surface area contributed by atoms with Gasteiger partial charge in [0.1, 0.15) is 11.8 Å². The second-order valence-electron chi connectivity index (χ2n) is 5.43. The molecule has 0 aromatic carbocycles. The number of aromatic nitrogens is 5. The Balaban J connectivity index is 1.72. The summed E-state index contributed by atoms with van der Waals surface area (Å²) in [6, 6.07) is 0. The first-order chi connectivity index (χ1) is 10.6. The van der Waals surface area contributed by atoms with E-state index in [0.29, 0.717) is 31.2 Å². The van der Waals surface area contributed by atoms with Crippen molar-refractivity contribution in [3.8, 4) is 0 Å². The van der Waals surface area contributed by atoms with Crippen LogP contribution in [0.3, 0.4) is 0 Å². The molecule has 1 aliphatic heterocycles. The Morgan fingerprint density at radius 1 is 1.45 bits per heavy atom. The van der Waals surface area contributed by atoms with Crippen molar-refractivity contribution in [2.45, 2.75) is 25.9 Å². The molecule has 0 spiro atoms. The maximum absolute atomic E-state index is 12.4. The molecule has 8 heteroatoms. The first-order valence-electron chi connectivity index (χ1n) is 7.24. The van der Waals surface area contributed by atoms with E-state index in [9.17, 15) is 4.79 Å². The molecule has 8 nitrogen and oxygen atoms in total. The summed E-state index contributed by atoms with van der Waals surface area (Å²) in [5.74, 6) is 1.49. The number of carbonyl (C=O) groups is 1. The molecule has 116 valence electrons. The lowest BCUT2D eigenvalue weighted by Gasteiger charge is -2.31. The molecule has 0 radical (unpaired) electrons. The maximum Gasteiger partial charge on any atom is 0.274 e. The van der Waals surface area contributed by atoms with Crippen molar-refractivity contribution < 1.29 is 9.53 Å². The number of hydrogen-bond donors (Lipinski definition) is 1. The largest absolute Gasteiger partial charge is 0.367 e. The third-order valence-corrected chi connectivity index (χ3v) is 3.48. The average molecular weight is 302 g/mol. The monoisotopic (exact) mass is 302 g/mol. The highest BCUT2D eigenvalue weighted by Gasteiger charge is 2.29. The van der Waals surface area contributed by atoms with Crippen LogP contribution in [-0.2, 0) is 4.74 Å². The fourth-order valence-corrected chi connectivity index (χ4v) is 2.26. The average Bonchev–Trinajstić information content (AvgIpc) is 3.05. The Labute approximate surface area is 127 Å². The van der Waals surface area contributed by atoms with E-state index in [4.69, 9.17) is 4.74 Å². The third-order valence-electron chi connectivity index (χ3n) is 3.48. The second-order valence-corrected chi connectivity index (χ2v) is 5.43. The molecule has 3 rings (SSSR count). The highest BCUT2D eigenvalue weighted by atomic mass is 16.5. The quantitative estimate of drug-likeness (QED) is 0.906. The van der Waals surface area contributed by atoms with Crippen LogP contribution < -0.4 is 0 Å². The van der Waals surface area contributed by atoms with E-state index in [-0.39, 0.29) is 17.9 Å². The molecule has 0 aliphatic carbocycles. The lowest BCUT2D eigenvalue weighted by atomic mass is 10.2. The number of rotatable bonds is 3. The van der Waals surface area contributed by atoms with Gasteiger partial charge in [-0.25, -0.2) is 9.97 Å². The Kier molecular flexibility index (Phi) is 4.10. The fraction of sp³-hybridized carbons (Fsp3) is 0.500. The number of morpholine rings is 1. The van der Waals surface area contributed by atoms with Gasteiger partial charge in [-0.15, -0.1) is 0 Å². The summed E-state index contributed by atoms with van der Waals surface area (Å²) >= 11 is 0. The van der Waals surface area contributed by atoms with Crippen molar-refractivity contribution in [2.75, 3.05) is 19.7 Å². The van der Waals surface area contributed by atoms with Gasteiger partial charge in [0.2, 0.25) is 0 Å². The Morgan fingerprint density at radius 2 is 2.32 bits per heavy atom. The van der Waals surface area contributed by atoms with Gasteiger partial charge < -0.3 is 9.64 Å². The van der Waals surface area contributed by atoms with Crippen molar-refractivity contribution in [3.63, 3.8) is 0 Å². The van der Waals surface area contributed by atoms with Crippen molar-refractivity contribution in [1.29, 1.82) is 0 Å². The van der Waals surface area contributed by atoms with E-state index < -0.39 is 0 Å². The minimum Gasteiger partial charge on any atom is -0.367 e. The Bertz CT molecular complexity index is 642. The Hall–Kier alpha value is -2.35. The number of aromatic amines is 1. The number of ether oxygens (including phenoxy) is 1. The van der Waals surface area contributed by atoms with Gasteiger partial charge in [0, 0.05) is 24.9 Å². The summed E-state index contributed by atoms with van der Waals surface area (Å²) in [6.07, 6.45) is 4.23. The van der Waals surface area contributed by atoms with Gasteiger partial charge >= 0.3 is 0 Å². The molecule has 0 saturated carbocycles. The number of H-pyrrole nitrogens is 1. The van der Waals surface area contributed by atoms with Gasteiger partial charge in [-0.1, -0.05) is 13.8 Å². The van der Waals surface area contributed by atoms with Gasteiger partial charge in [0.05, 0.1) is 19.3 Å². The molecule has 1 aliphatic rings. The Morgan fingerprint density at radius 3 is 3.00 bits per heavy atom. The first kappa shape index (κ1) is 14.6. The number of carbonyl (C=O) groups excluding carboxylic acids is 1. The molecule has 2 aromatic heterocycles. The molecule has 1 atom stereocenters. The molecular weight excluding hydrogens is 284 g/mol. The molecule has 1 N–H and O–H groups in total. The van der Waals surface area contributed by atoms with Gasteiger partial charge in [-0.05, 0) is 0 Å². The molecule has 2 aromatic rings. The number of amides is 1. The van der Waals surface area contributed by atoms with Crippen LogP contribution >= 0.6 is 0 Å². The summed E-state index contributed by atoms with van der Waals surface area (Å²) < 4.78 is 5.71. The highest BCUT2D eigenvalue weighted by Crippen LogP contribution is 2.21.